The minimum Gasteiger partial charge on any atom is -0.315 e. The van der Waals surface area contributed by atoms with Crippen LogP contribution in [0.2, 0.25) is 0 Å². The summed E-state index contributed by atoms with van der Waals surface area (Å²) in [6.45, 7) is 9.41. The average molecular weight is 220 g/mol. The largest absolute Gasteiger partial charge is 0.315 e. The Bertz CT molecular complexity index is 166. The zero-order valence-corrected chi connectivity index (χ0v) is 10.7. The van der Waals surface area contributed by atoms with Crippen molar-refractivity contribution in [1.82, 2.24) is 10.6 Å². The Hall–Kier alpha value is 0.0700. The molecule has 0 radical (unpaired) electrons. The van der Waals surface area contributed by atoms with Crippen LogP contribution >= 0.6 is 0 Å². The zero-order chi connectivity index (χ0) is 11.0. The van der Waals surface area contributed by atoms with E-state index in [4.69, 9.17) is 0 Å². The van der Waals surface area contributed by atoms with E-state index in [1.165, 1.54) is 0 Å². The van der Waals surface area contributed by atoms with Gasteiger partial charge in [0.2, 0.25) is 0 Å². The van der Waals surface area contributed by atoms with E-state index in [0.717, 1.165) is 31.8 Å². The second-order valence-corrected chi connectivity index (χ2v) is 6.11. The summed E-state index contributed by atoms with van der Waals surface area (Å²) in [5.74, 6) is 0.805. The molecule has 0 aliphatic rings. The Labute approximate surface area is 90.5 Å². The van der Waals surface area contributed by atoms with E-state index in [2.05, 4.69) is 31.4 Å². The first-order valence-electron chi connectivity index (χ1n) is 5.17. The molecule has 14 heavy (non-hydrogen) atoms. The van der Waals surface area contributed by atoms with Gasteiger partial charge in [-0.2, -0.15) is 0 Å². The van der Waals surface area contributed by atoms with Crippen LogP contribution in [0.3, 0.4) is 0 Å². The molecule has 0 aromatic heterocycles. The lowest BCUT2D eigenvalue weighted by atomic mass is 10.1. The maximum atomic E-state index is 10.7. The van der Waals surface area contributed by atoms with Gasteiger partial charge in [0.25, 0.3) is 0 Å². The van der Waals surface area contributed by atoms with E-state index in [1.54, 1.807) is 6.26 Å². The third-order valence-electron chi connectivity index (χ3n) is 1.74. The second kappa shape index (κ2) is 7.37. The number of nitrogens with one attached hydrogen (secondary N) is 2. The molecule has 0 spiro atoms. The molecule has 0 fully saturated rings. The van der Waals surface area contributed by atoms with Gasteiger partial charge in [-0.25, -0.2) is 0 Å². The molecule has 0 saturated heterocycles. The van der Waals surface area contributed by atoms with E-state index >= 15 is 0 Å². The van der Waals surface area contributed by atoms with Crippen molar-refractivity contribution in [3.63, 3.8) is 0 Å². The molecule has 1 atom stereocenters. The van der Waals surface area contributed by atoms with E-state index in [1.807, 2.05) is 0 Å². The highest BCUT2D eigenvalue weighted by atomic mass is 32.2. The fraction of sp³-hybridized carbons (Fsp3) is 1.00. The van der Waals surface area contributed by atoms with Crippen molar-refractivity contribution in [1.29, 1.82) is 0 Å². The molecule has 0 saturated carbocycles. The van der Waals surface area contributed by atoms with Crippen LogP contribution in [-0.2, 0) is 10.8 Å². The van der Waals surface area contributed by atoms with Crippen molar-refractivity contribution in [2.75, 3.05) is 31.6 Å². The number of rotatable bonds is 7. The highest BCUT2D eigenvalue weighted by molar-refractivity contribution is 7.84. The molecule has 0 aliphatic carbocycles. The predicted molar refractivity (Wildman–Crippen MR) is 64.2 cm³/mol. The lowest BCUT2D eigenvalue weighted by molar-refractivity contribution is 0.422. The van der Waals surface area contributed by atoms with Gasteiger partial charge in [-0.1, -0.05) is 0 Å². The Morgan fingerprint density at radius 1 is 1.14 bits per heavy atom. The summed E-state index contributed by atoms with van der Waals surface area (Å²) in [7, 11) is -0.642. The smallest absolute Gasteiger partial charge is 0.0244 e. The molecule has 3 nitrogen and oxygen atoms in total. The Kier molecular flexibility index (Phi) is 7.41. The first-order chi connectivity index (χ1) is 6.42. The van der Waals surface area contributed by atoms with Gasteiger partial charge in [-0.15, -0.1) is 0 Å². The summed E-state index contributed by atoms with van der Waals surface area (Å²) in [6, 6.07) is 0. The van der Waals surface area contributed by atoms with Gasteiger partial charge in [-0.3, -0.25) is 4.21 Å². The van der Waals surface area contributed by atoms with Crippen LogP contribution in [0.25, 0.3) is 0 Å². The highest BCUT2D eigenvalue weighted by Crippen LogP contribution is 1.96. The average Bonchev–Trinajstić information content (AvgIpc) is 2.00. The Morgan fingerprint density at radius 2 is 1.79 bits per heavy atom. The molecule has 0 bridgehead atoms. The van der Waals surface area contributed by atoms with Gasteiger partial charge in [0, 0.05) is 41.4 Å². The quantitative estimate of drug-likeness (QED) is 0.622. The van der Waals surface area contributed by atoms with Gasteiger partial charge < -0.3 is 10.6 Å². The third kappa shape index (κ3) is 12.1. The van der Waals surface area contributed by atoms with Crippen LogP contribution in [0, 0.1) is 0 Å². The first kappa shape index (κ1) is 14.1. The van der Waals surface area contributed by atoms with Crippen molar-refractivity contribution in [2.45, 2.75) is 32.7 Å². The maximum Gasteiger partial charge on any atom is 0.0244 e. The molecular weight excluding hydrogens is 196 g/mol. The Balaban J connectivity index is 3.11. The van der Waals surface area contributed by atoms with E-state index in [-0.39, 0.29) is 5.54 Å². The molecule has 86 valence electrons. The fourth-order valence-corrected chi connectivity index (χ4v) is 1.60. The maximum absolute atomic E-state index is 10.7. The first-order valence-corrected chi connectivity index (χ1v) is 6.90. The van der Waals surface area contributed by atoms with Gasteiger partial charge in [0.15, 0.2) is 0 Å². The summed E-state index contributed by atoms with van der Waals surface area (Å²) in [5.41, 5.74) is 0.201. The van der Waals surface area contributed by atoms with E-state index in [0.29, 0.717) is 0 Å². The van der Waals surface area contributed by atoms with Crippen molar-refractivity contribution >= 4 is 10.8 Å². The van der Waals surface area contributed by atoms with E-state index < -0.39 is 10.8 Å². The molecule has 0 heterocycles. The van der Waals surface area contributed by atoms with Gasteiger partial charge >= 0.3 is 0 Å². The number of hydrogen-bond acceptors (Lipinski definition) is 3. The van der Waals surface area contributed by atoms with Crippen molar-refractivity contribution < 1.29 is 4.21 Å². The molecular formula is C10H24N2OS. The summed E-state index contributed by atoms with van der Waals surface area (Å²) in [5, 5.41) is 6.72. The summed E-state index contributed by atoms with van der Waals surface area (Å²) >= 11 is 0. The van der Waals surface area contributed by atoms with Crippen LogP contribution in [0.15, 0.2) is 0 Å². The normalized spacial score (nSPS) is 14.3. The van der Waals surface area contributed by atoms with Crippen LogP contribution in [0.1, 0.15) is 27.2 Å². The number of hydrogen-bond donors (Lipinski definition) is 2. The molecule has 1 unspecified atom stereocenters. The van der Waals surface area contributed by atoms with Crippen molar-refractivity contribution in [3.05, 3.63) is 0 Å². The SMILES string of the molecule is CS(=O)CCCNCCNC(C)(C)C. The van der Waals surface area contributed by atoms with Gasteiger partial charge in [0.1, 0.15) is 0 Å². The van der Waals surface area contributed by atoms with E-state index in [9.17, 15) is 4.21 Å². The highest BCUT2D eigenvalue weighted by Gasteiger charge is 2.06. The van der Waals surface area contributed by atoms with Crippen LogP contribution in [0.4, 0.5) is 0 Å². The fourth-order valence-electron chi connectivity index (χ4n) is 1.05. The molecule has 0 aromatic carbocycles. The molecule has 0 amide bonds. The molecule has 0 rings (SSSR count). The molecule has 0 aromatic rings. The predicted octanol–water partition coefficient (Wildman–Crippen LogP) is 0.733. The molecule has 4 heteroatoms. The van der Waals surface area contributed by atoms with Crippen LogP contribution < -0.4 is 10.6 Å². The standard InChI is InChI=1S/C10H24N2OS/c1-10(2,3)12-8-7-11-6-5-9-14(4)13/h11-12H,5-9H2,1-4H3. The zero-order valence-electron chi connectivity index (χ0n) is 9.85. The molecule has 0 aliphatic heterocycles. The summed E-state index contributed by atoms with van der Waals surface area (Å²) in [4.78, 5) is 0. The molecule has 2 N–H and O–H groups in total. The third-order valence-corrected chi connectivity index (χ3v) is 2.61. The van der Waals surface area contributed by atoms with Crippen LogP contribution in [-0.4, -0.2) is 41.4 Å². The minimum absolute atomic E-state index is 0.201. The Morgan fingerprint density at radius 3 is 2.29 bits per heavy atom. The monoisotopic (exact) mass is 220 g/mol. The minimum atomic E-state index is -0.642. The second-order valence-electron chi connectivity index (χ2n) is 4.56. The lowest BCUT2D eigenvalue weighted by Crippen LogP contribution is -2.40. The topological polar surface area (TPSA) is 41.1 Å². The van der Waals surface area contributed by atoms with Gasteiger partial charge in [-0.05, 0) is 33.7 Å². The van der Waals surface area contributed by atoms with Crippen LogP contribution in [0.5, 0.6) is 0 Å². The van der Waals surface area contributed by atoms with Gasteiger partial charge in [0.05, 0.1) is 0 Å². The summed E-state index contributed by atoms with van der Waals surface area (Å²) in [6.07, 6.45) is 2.75. The van der Waals surface area contributed by atoms with Crippen molar-refractivity contribution in [3.8, 4) is 0 Å². The lowest BCUT2D eigenvalue weighted by Gasteiger charge is -2.20. The van der Waals surface area contributed by atoms with Crippen molar-refractivity contribution in [2.24, 2.45) is 0 Å². The summed E-state index contributed by atoms with van der Waals surface area (Å²) < 4.78 is 10.7.